The molecule has 2 aromatic heterocycles. The van der Waals surface area contributed by atoms with Crippen LogP contribution >= 0.6 is 23.4 Å². The first-order valence-electron chi connectivity index (χ1n) is 7.18. The number of rotatable bonds is 5. The molecule has 0 fully saturated rings. The van der Waals surface area contributed by atoms with Gasteiger partial charge in [0, 0.05) is 11.9 Å². The summed E-state index contributed by atoms with van der Waals surface area (Å²) in [6, 6.07) is 13.1. The highest BCUT2D eigenvalue weighted by Crippen LogP contribution is 2.24. The second-order valence-electron chi connectivity index (χ2n) is 4.93. The van der Waals surface area contributed by atoms with E-state index in [0.717, 1.165) is 5.69 Å². The molecule has 0 aliphatic carbocycles. The van der Waals surface area contributed by atoms with Crippen LogP contribution in [-0.4, -0.2) is 30.9 Å². The van der Waals surface area contributed by atoms with E-state index in [2.05, 4.69) is 20.5 Å². The van der Waals surface area contributed by atoms with Crippen molar-refractivity contribution in [1.29, 1.82) is 0 Å². The van der Waals surface area contributed by atoms with Gasteiger partial charge in [-0.2, -0.15) is 0 Å². The van der Waals surface area contributed by atoms with Gasteiger partial charge in [-0.15, -0.1) is 10.2 Å². The van der Waals surface area contributed by atoms with E-state index in [1.54, 1.807) is 25.4 Å². The van der Waals surface area contributed by atoms with Gasteiger partial charge in [0.25, 0.3) is 0 Å². The van der Waals surface area contributed by atoms with Gasteiger partial charge < -0.3 is 5.32 Å². The number of halogens is 1. The lowest BCUT2D eigenvalue weighted by Crippen LogP contribution is -2.23. The zero-order valence-electron chi connectivity index (χ0n) is 12.8. The Morgan fingerprint density at radius 1 is 1.25 bits per heavy atom. The third-order valence-electron chi connectivity index (χ3n) is 3.18. The van der Waals surface area contributed by atoms with Gasteiger partial charge >= 0.3 is 0 Å². The van der Waals surface area contributed by atoms with Crippen molar-refractivity contribution in [2.24, 2.45) is 0 Å². The standard InChI is InChI=1S/C16H14ClN5OS/c1-11(15(23)20-14-8-7-12(17)9-18-14)24-16-21-19-10-22(16)13-5-3-2-4-6-13/h2-11H,1H3,(H,18,20,23)/t11-/m0/s1. The van der Waals surface area contributed by atoms with Crippen LogP contribution in [-0.2, 0) is 4.79 Å². The molecular formula is C16H14ClN5OS. The molecule has 0 saturated heterocycles. The van der Waals surface area contributed by atoms with Gasteiger partial charge in [0.1, 0.15) is 12.1 Å². The fourth-order valence-corrected chi connectivity index (χ4v) is 2.91. The number of nitrogens with zero attached hydrogens (tertiary/aromatic N) is 4. The molecule has 2 heterocycles. The first kappa shape index (κ1) is 16.5. The minimum absolute atomic E-state index is 0.169. The summed E-state index contributed by atoms with van der Waals surface area (Å²) in [5.74, 6) is 0.291. The molecule has 0 bridgehead atoms. The largest absolute Gasteiger partial charge is 0.310 e. The van der Waals surface area contributed by atoms with Crippen LogP contribution in [0.3, 0.4) is 0 Å². The Kier molecular flexibility index (Phi) is 5.12. The van der Waals surface area contributed by atoms with Crippen LogP contribution in [0.1, 0.15) is 6.92 Å². The zero-order chi connectivity index (χ0) is 16.9. The molecule has 3 rings (SSSR count). The van der Waals surface area contributed by atoms with Crippen molar-refractivity contribution in [2.75, 3.05) is 5.32 Å². The van der Waals surface area contributed by atoms with Crippen LogP contribution in [0.5, 0.6) is 0 Å². The topological polar surface area (TPSA) is 72.7 Å². The zero-order valence-corrected chi connectivity index (χ0v) is 14.3. The molecule has 0 aliphatic rings. The predicted molar refractivity (Wildman–Crippen MR) is 94.6 cm³/mol. The number of pyridine rings is 1. The minimum atomic E-state index is -0.367. The van der Waals surface area contributed by atoms with Crippen molar-refractivity contribution >= 4 is 35.1 Å². The number of hydrogen-bond acceptors (Lipinski definition) is 5. The van der Waals surface area contributed by atoms with Crippen LogP contribution in [0.15, 0.2) is 60.1 Å². The molecule has 8 heteroatoms. The summed E-state index contributed by atoms with van der Waals surface area (Å²) in [5.41, 5.74) is 0.942. The van der Waals surface area contributed by atoms with Crippen molar-refractivity contribution in [3.63, 3.8) is 0 Å². The predicted octanol–water partition coefficient (Wildman–Crippen LogP) is 3.44. The van der Waals surface area contributed by atoms with Crippen molar-refractivity contribution in [1.82, 2.24) is 19.7 Å². The highest BCUT2D eigenvalue weighted by Gasteiger charge is 2.18. The van der Waals surface area contributed by atoms with Gasteiger partial charge in [0.2, 0.25) is 5.91 Å². The summed E-state index contributed by atoms with van der Waals surface area (Å²) in [7, 11) is 0. The van der Waals surface area contributed by atoms with E-state index >= 15 is 0 Å². The quantitative estimate of drug-likeness (QED) is 0.706. The number of nitrogens with one attached hydrogen (secondary N) is 1. The number of carbonyl (C=O) groups excluding carboxylic acids is 1. The molecule has 0 aliphatic heterocycles. The molecule has 0 unspecified atom stereocenters. The number of benzene rings is 1. The fourth-order valence-electron chi connectivity index (χ4n) is 1.96. The van der Waals surface area contributed by atoms with Gasteiger partial charge in [-0.25, -0.2) is 4.98 Å². The summed E-state index contributed by atoms with van der Waals surface area (Å²) in [4.78, 5) is 16.4. The summed E-state index contributed by atoms with van der Waals surface area (Å²) in [6.45, 7) is 1.81. The van der Waals surface area contributed by atoms with Gasteiger partial charge in [-0.3, -0.25) is 9.36 Å². The van der Waals surface area contributed by atoms with Crippen molar-refractivity contribution in [3.8, 4) is 5.69 Å². The molecule has 1 aromatic carbocycles. The van der Waals surface area contributed by atoms with E-state index in [-0.39, 0.29) is 11.2 Å². The van der Waals surface area contributed by atoms with E-state index in [4.69, 9.17) is 11.6 Å². The number of aromatic nitrogens is 4. The molecule has 6 nitrogen and oxygen atoms in total. The van der Waals surface area contributed by atoms with Gasteiger partial charge in [-0.05, 0) is 31.2 Å². The first-order valence-corrected chi connectivity index (χ1v) is 8.44. The maximum Gasteiger partial charge on any atom is 0.238 e. The number of carbonyl (C=O) groups is 1. The monoisotopic (exact) mass is 359 g/mol. The Balaban J connectivity index is 1.69. The number of anilines is 1. The van der Waals surface area contributed by atoms with E-state index in [9.17, 15) is 4.79 Å². The van der Waals surface area contributed by atoms with E-state index in [0.29, 0.717) is 16.0 Å². The molecule has 122 valence electrons. The molecule has 1 atom stereocenters. The Morgan fingerprint density at radius 3 is 2.75 bits per heavy atom. The highest BCUT2D eigenvalue weighted by molar-refractivity contribution is 8.00. The molecule has 3 aromatic rings. The van der Waals surface area contributed by atoms with Gasteiger partial charge in [0.05, 0.1) is 10.3 Å². The summed E-state index contributed by atoms with van der Waals surface area (Å²) in [5, 5.41) is 11.6. The maximum atomic E-state index is 12.3. The normalized spacial score (nSPS) is 11.9. The van der Waals surface area contributed by atoms with Crippen molar-refractivity contribution in [2.45, 2.75) is 17.3 Å². The third kappa shape index (κ3) is 3.93. The van der Waals surface area contributed by atoms with Crippen molar-refractivity contribution < 1.29 is 4.79 Å². The lowest BCUT2D eigenvalue weighted by atomic mass is 10.3. The smallest absolute Gasteiger partial charge is 0.238 e. The molecule has 0 radical (unpaired) electrons. The van der Waals surface area contributed by atoms with Crippen LogP contribution in [0, 0.1) is 0 Å². The van der Waals surface area contributed by atoms with Gasteiger partial charge in [0.15, 0.2) is 5.16 Å². The SMILES string of the molecule is C[C@H](Sc1nncn1-c1ccccc1)C(=O)Nc1ccc(Cl)cn1. The van der Waals surface area contributed by atoms with E-state index in [1.165, 1.54) is 18.0 Å². The Labute approximate surface area is 148 Å². The maximum absolute atomic E-state index is 12.3. The van der Waals surface area contributed by atoms with E-state index in [1.807, 2.05) is 34.9 Å². The molecule has 0 spiro atoms. The Morgan fingerprint density at radius 2 is 2.04 bits per heavy atom. The lowest BCUT2D eigenvalue weighted by Gasteiger charge is -2.12. The van der Waals surface area contributed by atoms with Crippen molar-refractivity contribution in [3.05, 3.63) is 60.0 Å². The van der Waals surface area contributed by atoms with Crippen LogP contribution in [0.25, 0.3) is 5.69 Å². The van der Waals surface area contributed by atoms with Crippen LogP contribution < -0.4 is 5.32 Å². The van der Waals surface area contributed by atoms with Crippen LogP contribution in [0.2, 0.25) is 5.02 Å². The summed E-state index contributed by atoms with van der Waals surface area (Å²) >= 11 is 7.11. The molecule has 1 N–H and O–H groups in total. The second kappa shape index (κ2) is 7.46. The summed E-state index contributed by atoms with van der Waals surface area (Å²) < 4.78 is 1.84. The number of thioether (sulfide) groups is 1. The van der Waals surface area contributed by atoms with E-state index < -0.39 is 0 Å². The van der Waals surface area contributed by atoms with Crippen LogP contribution in [0.4, 0.5) is 5.82 Å². The first-order chi connectivity index (χ1) is 11.6. The molecule has 24 heavy (non-hydrogen) atoms. The number of para-hydroxylation sites is 1. The second-order valence-corrected chi connectivity index (χ2v) is 6.67. The molecule has 1 amide bonds. The molecular weight excluding hydrogens is 346 g/mol. The summed E-state index contributed by atoms with van der Waals surface area (Å²) in [6.07, 6.45) is 3.12. The van der Waals surface area contributed by atoms with Gasteiger partial charge in [-0.1, -0.05) is 41.6 Å². The molecule has 0 saturated carbocycles. The average molecular weight is 360 g/mol. The average Bonchev–Trinajstić information content (AvgIpc) is 3.05. The third-order valence-corrected chi connectivity index (χ3v) is 4.46. The minimum Gasteiger partial charge on any atom is -0.310 e. The fraction of sp³-hybridized carbons (Fsp3) is 0.125. The lowest BCUT2D eigenvalue weighted by molar-refractivity contribution is -0.115. The Bertz CT molecular complexity index is 822. The Hall–Kier alpha value is -2.38. The highest BCUT2D eigenvalue weighted by atomic mass is 35.5. The number of amides is 1. The number of hydrogen-bond donors (Lipinski definition) is 1.